The largest absolute Gasteiger partial charge is 0.280 e. The zero-order chi connectivity index (χ0) is 18.2. The Labute approximate surface area is 147 Å². The van der Waals surface area contributed by atoms with Crippen molar-refractivity contribution in [1.82, 2.24) is 9.78 Å². The van der Waals surface area contributed by atoms with Gasteiger partial charge in [0.05, 0.1) is 16.6 Å². The van der Waals surface area contributed by atoms with Crippen LogP contribution in [0.2, 0.25) is 0 Å². The Morgan fingerprint density at radius 3 is 2.28 bits per heavy atom. The predicted octanol–water partition coefficient (Wildman–Crippen LogP) is 1.75. The van der Waals surface area contributed by atoms with Gasteiger partial charge in [-0.15, -0.1) is 0 Å². The average molecular weight is 384 g/mol. The van der Waals surface area contributed by atoms with Crippen molar-refractivity contribution < 1.29 is 16.8 Å². The van der Waals surface area contributed by atoms with E-state index in [2.05, 4.69) is 9.82 Å². The number of aromatic nitrogens is 2. The maximum atomic E-state index is 12.6. The molecule has 0 amide bonds. The van der Waals surface area contributed by atoms with Crippen LogP contribution < -0.4 is 9.86 Å². The first-order valence-corrected chi connectivity index (χ1v) is 10.9. The number of nitrogens with zero attached hydrogens (tertiary/aromatic N) is 2. The topological polar surface area (TPSA) is 124 Å². The standard InChI is InChI=1S/C15H20N4O4S2/c1-11-15(10-19(17-11)13-4-2-3-5-13)25(22,23)18-12-6-8-14(9-7-12)24(16,20)21/h6-10,13,18H,2-5H2,1H3,(H2,16,20,21). The number of rotatable bonds is 5. The minimum absolute atomic E-state index is 0.0827. The number of hydrogen-bond acceptors (Lipinski definition) is 5. The summed E-state index contributed by atoms with van der Waals surface area (Å²) in [6.45, 7) is 1.66. The fourth-order valence-electron chi connectivity index (χ4n) is 3.01. The molecule has 1 aromatic carbocycles. The van der Waals surface area contributed by atoms with E-state index in [1.165, 1.54) is 24.3 Å². The molecule has 0 radical (unpaired) electrons. The van der Waals surface area contributed by atoms with Crippen molar-refractivity contribution in [3.63, 3.8) is 0 Å². The fourth-order valence-corrected chi connectivity index (χ4v) is 4.76. The molecule has 0 unspecified atom stereocenters. The lowest BCUT2D eigenvalue weighted by Gasteiger charge is -2.09. The van der Waals surface area contributed by atoms with Crippen LogP contribution in [-0.4, -0.2) is 26.6 Å². The molecular weight excluding hydrogens is 364 g/mol. The van der Waals surface area contributed by atoms with Crippen molar-refractivity contribution in [1.29, 1.82) is 0 Å². The summed E-state index contributed by atoms with van der Waals surface area (Å²) in [6, 6.07) is 5.46. The van der Waals surface area contributed by atoms with E-state index in [-0.39, 0.29) is 21.5 Å². The molecule has 0 spiro atoms. The van der Waals surface area contributed by atoms with Crippen LogP contribution >= 0.6 is 0 Å². The van der Waals surface area contributed by atoms with Gasteiger partial charge in [0, 0.05) is 11.9 Å². The SMILES string of the molecule is Cc1nn(C2CCCC2)cc1S(=O)(=O)Nc1ccc(S(N)(=O)=O)cc1. The molecule has 0 saturated heterocycles. The molecule has 10 heteroatoms. The molecule has 0 atom stereocenters. The van der Waals surface area contributed by atoms with Crippen molar-refractivity contribution in [3.05, 3.63) is 36.2 Å². The number of hydrogen-bond donors (Lipinski definition) is 2. The highest BCUT2D eigenvalue weighted by Crippen LogP contribution is 2.30. The van der Waals surface area contributed by atoms with Crippen molar-refractivity contribution >= 4 is 25.7 Å². The molecule has 1 saturated carbocycles. The molecule has 1 aromatic heterocycles. The number of primary sulfonamides is 1. The second kappa shape index (κ2) is 6.43. The Morgan fingerprint density at radius 1 is 1.12 bits per heavy atom. The smallest absolute Gasteiger partial charge is 0.265 e. The highest BCUT2D eigenvalue weighted by Gasteiger charge is 2.24. The van der Waals surface area contributed by atoms with Crippen LogP contribution in [0, 0.1) is 6.92 Å². The number of sulfonamides is 2. The van der Waals surface area contributed by atoms with E-state index in [0.717, 1.165) is 25.7 Å². The van der Waals surface area contributed by atoms with Crippen molar-refractivity contribution in [2.75, 3.05) is 4.72 Å². The van der Waals surface area contributed by atoms with Gasteiger partial charge in [-0.25, -0.2) is 22.0 Å². The summed E-state index contributed by atoms with van der Waals surface area (Å²) in [6.07, 6.45) is 5.82. The lowest BCUT2D eigenvalue weighted by atomic mass is 10.3. The molecule has 1 aliphatic carbocycles. The van der Waals surface area contributed by atoms with Gasteiger partial charge in [-0.3, -0.25) is 9.40 Å². The number of anilines is 1. The van der Waals surface area contributed by atoms with Gasteiger partial charge in [-0.1, -0.05) is 12.8 Å². The lowest BCUT2D eigenvalue weighted by Crippen LogP contribution is -2.14. The van der Waals surface area contributed by atoms with Crippen LogP contribution in [0.3, 0.4) is 0 Å². The highest BCUT2D eigenvalue weighted by molar-refractivity contribution is 7.92. The lowest BCUT2D eigenvalue weighted by molar-refractivity contribution is 0.464. The highest BCUT2D eigenvalue weighted by atomic mass is 32.2. The van der Waals surface area contributed by atoms with E-state index in [0.29, 0.717) is 5.69 Å². The van der Waals surface area contributed by atoms with Gasteiger partial charge in [0.2, 0.25) is 10.0 Å². The zero-order valence-corrected chi connectivity index (χ0v) is 15.3. The van der Waals surface area contributed by atoms with E-state index in [1.54, 1.807) is 17.8 Å². The number of benzene rings is 1. The van der Waals surface area contributed by atoms with Crippen LogP contribution in [0.1, 0.15) is 37.4 Å². The molecule has 8 nitrogen and oxygen atoms in total. The molecule has 1 heterocycles. The average Bonchev–Trinajstić information content (AvgIpc) is 3.15. The summed E-state index contributed by atoms with van der Waals surface area (Å²) < 4.78 is 51.9. The molecule has 136 valence electrons. The Balaban J connectivity index is 1.84. The van der Waals surface area contributed by atoms with Gasteiger partial charge >= 0.3 is 0 Å². The molecule has 3 N–H and O–H groups in total. The van der Waals surface area contributed by atoms with Crippen molar-refractivity contribution in [3.8, 4) is 0 Å². The second-order valence-corrected chi connectivity index (χ2v) is 9.38. The van der Waals surface area contributed by atoms with Crippen LogP contribution in [-0.2, 0) is 20.0 Å². The van der Waals surface area contributed by atoms with Crippen LogP contribution in [0.4, 0.5) is 5.69 Å². The van der Waals surface area contributed by atoms with E-state index in [9.17, 15) is 16.8 Å². The Kier molecular flexibility index (Phi) is 4.60. The van der Waals surface area contributed by atoms with Gasteiger partial charge < -0.3 is 0 Å². The fraction of sp³-hybridized carbons (Fsp3) is 0.400. The summed E-state index contributed by atoms with van der Waals surface area (Å²) in [4.78, 5) is 0.0376. The predicted molar refractivity (Wildman–Crippen MR) is 93.1 cm³/mol. The third-order valence-corrected chi connectivity index (χ3v) is 6.71. The third kappa shape index (κ3) is 3.86. The molecule has 25 heavy (non-hydrogen) atoms. The first kappa shape index (κ1) is 17.9. The number of nitrogens with two attached hydrogens (primary N) is 1. The van der Waals surface area contributed by atoms with Gasteiger partial charge in [-0.05, 0) is 44.0 Å². The summed E-state index contributed by atoms with van der Waals surface area (Å²) in [5.41, 5.74) is 0.681. The summed E-state index contributed by atoms with van der Waals surface area (Å²) in [7, 11) is -7.63. The quantitative estimate of drug-likeness (QED) is 0.813. The van der Waals surface area contributed by atoms with Crippen molar-refractivity contribution in [2.45, 2.75) is 48.4 Å². The summed E-state index contributed by atoms with van der Waals surface area (Å²) in [5.74, 6) is 0. The van der Waals surface area contributed by atoms with E-state index in [4.69, 9.17) is 5.14 Å². The van der Waals surface area contributed by atoms with Crippen LogP contribution in [0.15, 0.2) is 40.3 Å². The van der Waals surface area contributed by atoms with E-state index >= 15 is 0 Å². The Hall–Kier alpha value is -1.91. The monoisotopic (exact) mass is 384 g/mol. The minimum Gasteiger partial charge on any atom is -0.280 e. The number of aryl methyl sites for hydroxylation is 1. The van der Waals surface area contributed by atoms with Gasteiger partial charge in [-0.2, -0.15) is 5.10 Å². The summed E-state index contributed by atoms with van der Waals surface area (Å²) >= 11 is 0. The zero-order valence-electron chi connectivity index (χ0n) is 13.7. The normalized spacial score (nSPS) is 16.2. The van der Waals surface area contributed by atoms with Gasteiger partial charge in [0.25, 0.3) is 10.0 Å². The Bertz CT molecular complexity index is 973. The first-order chi connectivity index (χ1) is 11.7. The van der Waals surface area contributed by atoms with E-state index in [1.807, 2.05) is 0 Å². The Morgan fingerprint density at radius 2 is 1.72 bits per heavy atom. The van der Waals surface area contributed by atoms with E-state index < -0.39 is 20.0 Å². The molecule has 3 rings (SSSR count). The molecule has 1 fully saturated rings. The molecule has 1 aliphatic rings. The molecule has 0 aliphatic heterocycles. The maximum Gasteiger partial charge on any atom is 0.265 e. The van der Waals surface area contributed by atoms with Crippen LogP contribution in [0.5, 0.6) is 0 Å². The third-order valence-electron chi connectivity index (χ3n) is 4.29. The van der Waals surface area contributed by atoms with Crippen molar-refractivity contribution in [2.24, 2.45) is 5.14 Å². The first-order valence-electron chi connectivity index (χ1n) is 7.88. The minimum atomic E-state index is -3.82. The maximum absolute atomic E-state index is 12.6. The molecular formula is C15H20N4O4S2. The number of nitrogens with one attached hydrogen (secondary N) is 1. The molecule has 0 bridgehead atoms. The van der Waals surface area contributed by atoms with Gasteiger partial charge in [0.1, 0.15) is 4.90 Å². The second-order valence-electron chi connectivity index (χ2n) is 6.17. The summed E-state index contributed by atoms with van der Waals surface area (Å²) in [5, 5.41) is 9.38. The molecule has 2 aromatic rings. The van der Waals surface area contributed by atoms with Gasteiger partial charge in [0.15, 0.2) is 0 Å². The van der Waals surface area contributed by atoms with Crippen LogP contribution in [0.25, 0.3) is 0 Å².